The van der Waals surface area contributed by atoms with Crippen LogP contribution in [0.3, 0.4) is 0 Å². The molecule has 21 heavy (non-hydrogen) atoms. The zero-order chi connectivity index (χ0) is 16.1. The summed E-state index contributed by atoms with van der Waals surface area (Å²) in [7, 11) is -4.15. The van der Waals surface area contributed by atoms with Gasteiger partial charge in [-0.25, -0.2) is 0 Å². The van der Waals surface area contributed by atoms with Crippen molar-refractivity contribution in [2.45, 2.75) is 102 Å². The van der Waals surface area contributed by atoms with Crippen LogP contribution in [0.2, 0.25) is 0 Å². The molecule has 2 atom stereocenters. The molecule has 0 saturated heterocycles. The Morgan fingerprint density at radius 2 is 1.24 bits per heavy atom. The van der Waals surface area contributed by atoms with E-state index in [0.717, 1.165) is 32.1 Å². The molecule has 0 aliphatic carbocycles. The SMILES string of the molecule is CCCCCCCCCCC(C(O)CCCC)S(=O)(=O)O. The molecule has 2 N–H and O–H groups in total. The van der Waals surface area contributed by atoms with Crippen molar-refractivity contribution in [1.82, 2.24) is 0 Å². The summed E-state index contributed by atoms with van der Waals surface area (Å²) >= 11 is 0. The zero-order valence-corrected chi connectivity index (χ0v) is 14.6. The van der Waals surface area contributed by atoms with E-state index in [1.807, 2.05) is 6.92 Å². The van der Waals surface area contributed by atoms with Gasteiger partial charge in [0.2, 0.25) is 0 Å². The van der Waals surface area contributed by atoms with Crippen LogP contribution in [-0.2, 0) is 10.1 Å². The molecule has 0 radical (unpaired) electrons. The Morgan fingerprint density at radius 1 is 0.762 bits per heavy atom. The molecule has 0 aromatic carbocycles. The Kier molecular flexibility index (Phi) is 12.3. The Morgan fingerprint density at radius 3 is 1.71 bits per heavy atom. The normalized spacial score (nSPS) is 15.0. The third-order valence-electron chi connectivity index (χ3n) is 4.01. The Labute approximate surface area is 131 Å². The summed E-state index contributed by atoms with van der Waals surface area (Å²) in [4.78, 5) is 0. The monoisotopic (exact) mass is 322 g/mol. The summed E-state index contributed by atoms with van der Waals surface area (Å²) in [5, 5.41) is 8.93. The molecule has 0 amide bonds. The molecule has 0 bridgehead atoms. The van der Waals surface area contributed by atoms with Crippen LogP contribution in [0, 0.1) is 0 Å². The maximum Gasteiger partial charge on any atom is 0.270 e. The fourth-order valence-corrected chi connectivity index (χ4v) is 3.62. The average Bonchev–Trinajstić information content (AvgIpc) is 2.41. The molecular weight excluding hydrogens is 288 g/mol. The van der Waals surface area contributed by atoms with Gasteiger partial charge >= 0.3 is 0 Å². The van der Waals surface area contributed by atoms with Crippen molar-refractivity contribution in [1.29, 1.82) is 0 Å². The lowest BCUT2D eigenvalue weighted by molar-refractivity contribution is 0.147. The Bertz CT molecular complexity index is 327. The lowest BCUT2D eigenvalue weighted by atomic mass is 10.0. The second-order valence-corrected chi connectivity index (χ2v) is 7.66. The van der Waals surface area contributed by atoms with Gasteiger partial charge in [0.05, 0.1) is 6.10 Å². The quantitative estimate of drug-likeness (QED) is 0.369. The second-order valence-electron chi connectivity index (χ2n) is 6.03. The second kappa shape index (κ2) is 12.4. The maximum absolute atomic E-state index is 11.4. The van der Waals surface area contributed by atoms with Crippen LogP contribution < -0.4 is 0 Å². The van der Waals surface area contributed by atoms with Gasteiger partial charge in [-0.2, -0.15) is 8.42 Å². The third-order valence-corrected chi connectivity index (χ3v) is 5.32. The van der Waals surface area contributed by atoms with Gasteiger partial charge < -0.3 is 5.11 Å². The van der Waals surface area contributed by atoms with E-state index in [1.165, 1.54) is 32.1 Å². The lowest BCUT2D eigenvalue weighted by Crippen LogP contribution is -2.33. The first-order valence-corrected chi connectivity index (χ1v) is 10.1. The highest BCUT2D eigenvalue weighted by Gasteiger charge is 2.29. The van der Waals surface area contributed by atoms with Crippen molar-refractivity contribution < 1.29 is 18.1 Å². The summed E-state index contributed by atoms with van der Waals surface area (Å²) in [5.41, 5.74) is 0. The minimum absolute atomic E-state index is 0.360. The van der Waals surface area contributed by atoms with Crippen LogP contribution in [0.1, 0.15) is 90.9 Å². The number of hydrogen-bond acceptors (Lipinski definition) is 3. The van der Waals surface area contributed by atoms with E-state index >= 15 is 0 Å². The molecule has 0 aliphatic heterocycles. The molecule has 4 nitrogen and oxygen atoms in total. The predicted octanol–water partition coefficient (Wildman–Crippen LogP) is 4.32. The van der Waals surface area contributed by atoms with E-state index < -0.39 is 21.5 Å². The van der Waals surface area contributed by atoms with Gasteiger partial charge in [-0.1, -0.05) is 78.1 Å². The summed E-state index contributed by atoms with van der Waals surface area (Å²) < 4.78 is 32.0. The Balaban J connectivity index is 3.93. The topological polar surface area (TPSA) is 74.6 Å². The predicted molar refractivity (Wildman–Crippen MR) is 88.1 cm³/mol. The third kappa shape index (κ3) is 11.1. The molecule has 0 heterocycles. The molecule has 0 spiro atoms. The number of unbranched alkanes of at least 4 members (excludes halogenated alkanes) is 8. The first-order valence-electron chi connectivity index (χ1n) is 8.57. The van der Waals surface area contributed by atoms with Gasteiger partial charge in [0.15, 0.2) is 0 Å². The van der Waals surface area contributed by atoms with Gasteiger partial charge in [0, 0.05) is 0 Å². The van der Waals surface area contributed by atoms with E-state index in [-0.39, 0.29) is 0 Å². The van der Waals surface area contributed by atoms with Crippen LogP contribution in [-0.4, -0.2) is 29.4 Å². The van der Waals surface area contributed by atoms with Crippen molar-refractivity contribution in [3.05, 3.63) is 0 Å². The summed E-state index contributed by atoms with van der Waals surface area (Å²) in [6, 6.07) is 0. The maximum atomic E-state index is 11.4. The first-order chi connectivity index (χ1) is 9.93. The number of aliphatic hydroxyl groups is 1. The highest BCUT2D eigenvalue weighted by atomic mass is 32.2. The van der Waals surface area contributed by atoms with Gasteiger partial charge in [-0.05, 0) is 12.8 Å². The fraction of sp³-hybridized carbons (Fsp3) is 1.00. The van der Waals surface area contributed by atoms with Crippen LogP contribution in [0.25, 0.3) is 0 Å². The molecule has 0 aromatic rings. The number of aliphatic hydroxyl groups excluding tert-OH is 1. The van der Waals surface area contributed by atoms with Crippen molar-refractivity contribution in [2.24, 2.45) is 0 Å². The summed E-state index contributed by atoms with van der Waals surface area (Å²) in [6.45, 7) is 4.19. The molecule has 0 fully saturated rings. The molecule has 0 rings (SSSR count). The molecule has 5 heteroatoms. The molecule has 0 aromatic heterocycles. The summed E-state index contributed by atoms with van der Waals surface area (Å²) in [6.07, 6.45) is 10.6. The van der Waals surface area contributed by atoms with E-state index in [0.29, 0.717) is 12.8 Å². The van der Waals surface area contributed by atoms with Crippen molar-refractivity contribution >= 4 is 10.1 Å². The standard InChI is InChI=1S/C16H34O4S/c1-3-5-7-8-9-10-11-12-14-16(21(18,19)20)15(17)13-6-4-2/h15-17H,3-14H2,1-2H3,(H,18,19,20). The van der Waals surface area contributed by atoms with E-state index in [4.69, 9.17) is 0 Å². The van der Waals surface area contributed by atoms with Crippen LogP contribution in [0.5, 0.6) is 0 Å². The van der Waals surface area contributed by atoms with Crippen LogP contribution in [0.15, 0.2) is 0 Å². The van der Waals surface area contributed by atoms with Crippen LogP contribution in [0.4, 0.5) is 0 Å². The number of rotatable bonds is 14. The molecular formula is C16H34O4S. The molecule has 2 unspecified atom stereocenters. The van der Waals surface area contributed by atoms with Gasteiger partial charge in [0.25, 0.3) is 10.1 Å². The smallest absolute Gasteiger partial charge is 0.270 e. The minimum atomic E-state index is -4.15. The van der Waals surface area contributed by atoms with Gasteiger partial charge in [-0.15, -0.1) is 0 Å². The van der Waals surface area contributed by atoms with E-state index in [9.17, 15) is 18.1 Å². The van der Waals surface area contributed by atoms with E-state index in [2.05, 4.69) is 6.92 Å². The van der Waals surface area contributed by atoms with Crippen molar-refractivity contribution in [3.63, 3.8) is 0 Å². The number of hydrogen-bond donors (Lipinski definition) is 2. The van der Waals surface area contributed by atoms with Crippen LogP contribution >= 0.6 is 0 Å². The van der Waals surface area contributed by atoms with Gasteiger partial charge in [0.1, 0.15) is 5.25 Å². The van der Waals surface area contributed by atoms with E-state index in [1.54, 1.807) is 0 Å². The molecule has 128 valence electrons. The zero-order valence-electron chi connectivity index (χ0n) is 13.8. The van der Waals surface area contributed by atoms with Crippen molar-refractivity contribution in [2.75, 3.05) is 0 Å². The fourth-order valence-electron chi connectivity index (χ4n) is 2.62. The van der Waals surface area contributed by atoms with Crippen molar-refractivity contribution in [3.8, 4) is 0 Å². The van der Waals surface area contributed by atoms with Gasteiger partial charge in [-0.3, -0.25) is 4.55 Å². The average molecular weight is 323 g/mol. The Hall–Kier alpha value is -0.130. The largest absolute Gasteiger partial charge is 0.392 e. The highest BCUT2D eigenvalue weighted by Crippen LogP contribution is 2.19. The molecule has 0 saturated carbocycles. The first kappa shape index (κ1) is 20.9. The minimum Gasteiger partial charge on any atom is -0.392 e. The summed E-state index contributed by atoms with van der Waals surface area (Å²) in [5.74, 6) is 0. The lowest BCUT2D eigenvalue weighted by Gasteiger charge is -2.20. The highest BCUT2D eigenvalue weighted by molar-refractivity contribution is 7.86. The molecule has 0 aliphatic rings.